The molecule has 0 unspecified atom stereocenters. The van der Waals surface area contributed by atoms with E-state index < -0.39 is 0 Å². The third-order valence-corrected chi connectivity index (χ3v) is 3.21. The van der Waals surface area contributed by atoms with Crippen molar-refractivity contribution < 1.29 is 19.1 Å². The lowest BCUT2D eigenvalue weighted by molar-refractivity contribution is 0.0378. The van der Waals surface area contributed by atoms with Gasteiger partial charge in [0.15, 0.2) is 0 Å². The summed E-state index contributed by atoms with van der Waals surface area (Å²) in [6.07, 6.45) is -0.0879. The highest BCUT2D eigenvalue weighted by Gasteiger charge is 2.10. The number of carbonyl (C=O) groups excluding carboxylic acids is 2. The second kappa shape index (κ2) is 8.33. The second-order valence-electron chi connectivity index (χ2n) is 6.18. The molecule has 0 aliphatic heterocycles. The van der Waals surface area contributed by atoms with E-state index in [0.29, 0.717) is 16.8 Å². The summed E-state index contributed by atoms with van der Waals surface area (Å²) in [5.74, 6) is 0.113. The first-order valence-corrected chi connectivity index (χ1v) is 8.24. The number of ether oxygens (including phenoxy) is 2. The van der Waals surface area contributed by atoms with E-state index in [0.717, 1.165) is 5.75 Å². The van der Waals surface area contributed by atoms with Crippen LogP contribution in [-0.4, -0.2) is 24.1 Å². The number of esters is 1. The van der Waals surface area contributed by atoms with Crippen molar-refractivity contribution in [2.75, 3.05) is 5.32 Å². The van der Waals surface area contributed by atoms with E-state index in [9.17, 15) is 9.59 Å². The van der Waals surface area contributed by atoms with Gasteiger partial charge in [-0.1, -0.05) is 0 Å². The van der Waals surface area contributed by atoms with Crippen LogP contribution in [-0.2, 0) is 4.74 Å². The second-order valence-corrected chi connectivity index (χ2v) is 6.18. The number of carbonyl (C=O) groups is 2. The fourth-order valence-electron chi connectivity index (χ4n) is 2.13. The van der Waals surface area contributed by atoms with Crippen LogP contribution < -0.4 is 10.1 Å². The van der Waals surface area contributed by atoms with Crippen molar-refractivity contribution in [2.24, 2.45) is 0 Å². The van der Waals surface area contributed by atoms with Crippen LogP contribution in [0.5, 0.6) is 5.75 Å². The van der Waals surface area contributed by atoms with Gasteiger partial charge in [0.05, 0.1) is 17.8 Å². The number of hydrogen-bond acceptors (Lipinski definition) is 4. The highest BCUT2D eigenvalue weighted by Crippen LogP contribution is 2.16. The Hall–Kier alpha value is -2.82. The van der Waals surface area contributed by atoms with Crippen molar-refractivity contribution in [1.29, 1.82) is 0 Å². The summed E-state index contributed by atoms with van der Waals surface area (Å²) in [4.78, 5) is 24.1. The van der Waals surface area contributed by atoms with Crippen LogP contribution in [0.15, 0.2) is 48.5 Å². The number of nitrogens with one attached hydrogen (secondary N) is 1. The molecule has 5 nitrogen and oxygen atoms in total. The zero-order valence-electron chi connectivity index (χ0n) is 14.9. The molecule has 0 heterocycles. The van der Waals surface area contributed by atoms with Crippen LogP contribution in [0.4, 0.5) is 5.69 Å². The smallest absolute Gasteiger partial charge is 0.338 e. The molecule has 0 radical (unpaired) electrons. The summed E-state index contributed by atoms with van der Waals surface area (Å²) < 4.78 is 10.7. The summed E-state index contributed by atoms with van der Waals surface area (Å²) in [6, 6.07) is 13.5. The molecule has 2 rings (SSSR count). The van der Waals surface area contributed by atoms with Gasteiger partial charge in [0.2, 0.25) is 0 Å². The lowest BCUT2D eigenvalue weighted by Gasteiger charge is -2.11. The van der Waals surface area contributed by atoms with Gasteiger partial charge in [-0.15, -0.1) is 0 Å². The molecule has 5 heteroatoms. The fourth-order valence-corrected chi connectivity index (χ4v) is 2.13. The van der Waals surface area contributed by atoms with E-state index in [-0.39, 0.29) is 24.1 Å². The predicted octanol–water partition coefficient (Wildman–Crippen LogP) is 4.29. The molecule has 0 spiro atoms. The number of anilines is 1. The summed E-state index contributed by atoms with van der Waals surface area (Å²) in [7, 11) is 0. The number of hydrogen-bond donors (Lipinski definition) is 1. The van der Waals surface area contributed by atoms with Crippen molar-refractivity contribution in [1.82, 2.24) is 0 Å². The Bertz CT molecular complexity index is 718. The molecule has 25 heavy (non-hydrogen) atoms. The minimum atomic E-state index is -0.381. The molecule has 0 saturated heterocycles. The van der Waals surface area contributed by atoms with E-state index in [2.05, 4.69) is 5.32 Å². The van der Waals surface area contributed by atoms with Gasteiger partial charge in [-0.3, -0.25) is 4.79 Å². The maximum atomic E-state index is 12.3. The van der Waals surface area contributed by atoms with Gasteiger partial charge in [-0.2, -0.15) is 0 Å². The first kappa shape index (κ1) is 18.5. The molecule has 0 atom stereocenters. The molecule has 2 aromatic rings. The standard InChI is InChI=1S/C20H23NO4/c1-13(2)24-18-11-7-15(8-12-18)19(22)21-17-9-5-16(6-10-17)20(23)25-14(3)4/h5-14H,1-4H3,(H,21,22). The van der Waals surface area contributed by atoms with E-state index in [1.807, 2.05) is 13.8 Å². The number of rotatable bonds is 6. The third kappa shape index (κ3) is 5.64. The third-order valence-electron chi connectivity index (χ3n) is 3.21. The number of amides is 1. The molecule has 0 saturated carbocycles. The van der Waals surface area contributed by atoms with Crippen LogP contribution in [0.25, 0.3) is 0 Å². The van der Waals surface area contributed by atoms with Gasteiger partial charge >= 0.3 is 5.97 Å². The van der Waals surface area contributed by atoms with Crippen molar-refractivity contribution in [3.05, 3.63) is 59.7 Å². The molecule has 0 bridgehead atoms. The Morgan fingerprint density at radius 2 is 1.36 bits per heavy atom. The van der Waals surface area contributed by atoms with Gasteiger partial charge in [0.1, 0.15) is 5.75 Å². The first-order valence-electron chi connectivity index (χ1n) is 8.24. The van der Waals surface area contributed by atoms with Crippen molar-refractivity contribution >= 4 is 17.6 Å². The first-order chi connectivity index (χ1) is 11.8. The Kier molecular flexibility index (Phi) is 6.17. The normalized spacial score (nSPS) is 10.6. The van der Waals surface area contributed by atoms with Crippen LogP contribution in [0.1, 0.15) is 48.4 Å². The molecule has 0 aromatic heterocycles. The maximum Gasteiger partial charge on any atom is 0.338 e. The van der Waals surface area contributed by atoms with E-state index in [4.69, 9.17) is 9.47 Å². The predicted molar refractivity (Wildman–Crippen MR) is 97.2 cm³/mol. The monoisotopic (exact) mass is 341 g/mol. The van der Waals surface area contributed by atoms with Crippen LogP contribution >= 0.6 is 0 Å². The zero-order chi connectivity index (χ0) is 18.4. The van der Waals surface area contributed by atoms with Crippen LogP contribution in [0, 0.1) is 0 Å². The van der Waals surface area contributed by atoms with Crippen LogP contribution in [0.3, 0.4) is 0 Å². The lowest BCUT2D eigenvalue weighted by Crippen LogP contribution is -2.13. The van der Waals surface area contributed by atoms with Gasteiger partial charge in [-0.25, -0.2) is 4.79 Å². The van der Waals surface area contributed by atoms with E-state index in [1.165, 1.54) is 0 Å². The Balaban J connectivity index is 1.99. The summed E-state index contributed by atoms with van der Waals surface area (Å²) >= 11 is 0. The molecule has 1 amide bonds. The zero-order valence-corrected chi connectivity index (χ0v) is 14.9. The Morgan fingerprint density at radius 3 is 1.88 bits per heavy atom. The highest BCUT2D eigenvalue weighted by atomic mass is 16.5. The highest BCUT2D eigenvalue weighted by molar-refractivity contribution is 6.04. The van der Waals surface area contributed by atoms with Gasteiger partial charge in [0, 0.05) is 11.3 Å². The molecule has 2 aromatic carbocycles. The summed E-state index contributed by atoms with van der Waals surface area (Å²) in [5.41, 5.74) is 1.58. The van der Waals surface area contributed by atoms with Crippen molar-refractivity contribution in [2.45, 2.75) is 39.9 Å². The molecule has 0 aliphatic rings. The molecule has 132 valence electrons. The van der Waals surface area contributed by atoms with E-state index >= 15 is 0 Å². The average Bonchev–Trinajstić information content (AvgIpc) is 2.55. The largest absolute Gasteiger partial charge is 0.491 e. The molecule has 0 fully saturated rings. The average molecular weight is 341 g/mol. The molecule has 0 aliphatic carbocycles. The quantitative estimate of drug-likeness (QED) is 0.796. The summed E-state index contributed by atoms with van der Waals surface area (Å²) in [5, 5.41) is 2.79. The van der Waals surface area contributed by atoms with Gasteiger partial charge in [-0.05, 0) is 76.2 Å². The fraction of sp³-hybridized carbons (Fsp3) is 0.300. The van der Waals surface area contributed by atoms with Crippen molar-refractivity contribution in [3.8, 4) is 5.75 Å². The topological polar surface area (TPSA) is 64.6 Å². The minimum absolute atomic E-state index is 0.0839. The molecular weight excluding hydrogens is 318 g/mol. The van der Waals surface area contributed by atoms with Crippen molar-refractivity contribution in [3.63, 3.8) is 0 Å². The minimum Gasteiger partial charge on any atom is -0.491 e. The lowest BCUT2D eigenvalue weighted by atomic mass is 10.1. The Labute approximate surface area is 148 Å². The molecular formula is C20H23NO4. The Morgan fingerprint density at radius 1 is 0.800 bits per heavy atom. The maximum absolute atomic E-state index is 12.3. The van der Waals surface area contributed by atoms with Crippen LogP contribution in [0.2, 0.25) is 0 Å². The summed E-state index contributed by atoms with van der Waals surface area (Å²) in [6.45, 7) is 7.48. The SMILES string of the molecule is CC(C)OC(=O)c1ccc(NC(=O)c2ccc(OC(C)C)cc2)cc1. The number of benzene rings is 2. The van der Waals surface area contributed by atoms with Gasteiger partial charge in [0.25, 0.3) is 5.91 Å². The van der Waals surface area contributed by atoms with Gasteiger partial charge < -0.3 is 14.8 Å². The molecule has 1 N–H and O–H groups in total. The van der Waals surface area contributed by atoms with E-state index in [1.54, 1.807) is 62.4 Å².